The molecule has 1 aromatic heterocycles. The second kappa shape index (κ2) is 6.16. The number of rotatable bonds is 4. The minimum absolute atomic E-state index is 0.0381. The van der Waals surface area contributed by atoms with Crippen LogP contribution < -0.4 is 5.73 Å². The first-order valence-electron chi connectivity index (χ1n) is 7.03. The fourth-order valence-corrected chi connectivity index (χ4v) is 4.76. The maximum atomic E-state index is 12.7. The van der Waals surface area contributed by atoms with Gasteiger partial charge in [-0.1, -0.05) is 30.3 Å². The number of nitrogens with zero attached hydrogens (tertiary/aromatic N) is 1. The highest BCUT2D eigenvalue weighted by Crippen LogP contribution is 2.35. The second-order valence-electron chi connectivity index (χ2n) is 5.39. The highest BCUT2D eigenvalue weighted by Gasteiger charge is 2.40. The molecule has 22 heavy (non-hydrogen) atoms. The molecule has 0 unspecified atom stereocenters. The molecular formula is C15H17BrN2O3S. The normalized spacial score (nSPS) is 23.0. The van der Waals surface area contributed by atoms with Crippen molar-refractivity contribution in [1.82, 2.24) is 4.31 Å². The molecule has 0 spiro atoms. The smallest absolute Gasteiger partial charge is 0.276 e. The van der Waals surface area contributed by atoms with E-state index in [9.17, 15) is 8.42 Å². The zero-order valence-electron chi connectivity index (χ0n) is 11.9. The Morgan fingerprint density at radius 1 is 1.18 bits per heavy atom. The van der Waals surface area contributed by atoms with Crippen LogP contribution in [0.15, 0.2) is 56.6 Å². The molecule has 1 aromatic carbocycles. The molecule has 0 radical (unpaired) electrons. The van der Waals surface area contributed by atoms with Crippen LogP contribution in [0.5, 0.6) is 0 Å². The topological polar surface area (TPSA) is 76.5 Å². The van der Waals surface area contributed by atoms with E-state index in [-0.39, 0.29) is 16.9 Å². The summed E-state index contributed by atoms with van der Waals surface area (Å²) in [6, 6.07) is 13.0. The average molecular weight is 385 g/mol. The standard InChI is InChI=1S/C15H17BrN2O3S/c16-14-6-7-15(21-14)22(19,20)18-9-12(8-17)13(10-18)11-4-2-1-3-5-11/h1-7,12-13H,8-10,17H2/t12-,13+/m1/s1. The third-order valence-corrected chi connectivity index (χ3v) is 6.21. The largest absolute Gasteiger partial charge is 0.437 e. The Balaban J connectivity index is 1.88. The average Bonchev–Trinajstić information content (AvgIpc) is 3.14. The van der Waals surface area contributed by atoms with Crippen molar-refractivity contribution < 1.29 is 12.8 Å². The number of sulfonamides is 1. The van der Waals surface area contributed by atoms with Gasteiger partial charge in [0, 0.05) is 19.0 Å². The molecule has 118 valence electrons. The minimum atomic E-state index is -3.62. The molecule has 2 heterocycles. The first-order chi connectivity index (χ1) is 10.5. The highest BCUT2D eigenvalue weighted by molar-refractivity contribution is 9.10. The van der Waals surface area contributed by atoms with Crippen molar-refractivity contribution in [3.05, 3.63) is 52.7 Å². The number of hydrogen-bond donors (Lipinski definition) is 1. The molecule has 0 bridgehead atoms. The van der Waals surface area contributed by atoms with Gasteiger partial charge in [-0.3, -0.25) is 0 Å². The number of benzene rings is 1. The van der Waals surface area contributed by atoms with E-state index in [2.05, 4.69) is 15.9 Å². The lowest BCUT2D eigenvalue weighted by atomic mass is 9.89. The van der Waals surface area contributed by atoms with Gasteiger partial charge >= 0.3 is 0 Å². The van der Waals surface area contributed by atoms with Gasteiger partial charge in [0.25, 0.3) is 10.0 Å². The lowest BCUT2D eigenvalue weighted by Gasteiger charge is -2.16. The van der Waals surface area contributed by atoms with Crippen molar-refractivity contribution in [1.29, 1.82) is 0 Å². The molecule has 1 aliphatic rings. The fourth-order valence-electron chi connectivity index (χ4n) is 2.91. The lowest BCUT2D eigenvalue weighted by molar-refractivity contribution is 0.395. The summed E-state index contributed by atoms with van der Waals surface area (Å²) < 4.78 is 32.4. The Morgan fingerprint density at radius 2 is 1.91 bits per heavy atom. The molecule has 0 saturated carbocycles. The number of hydrogen-bond acceptors (Lipinski definition) is 4. The van der Waals surface area contributed by atoms with E-state index in [4.69, 9.17) is 10.2 Å². The second-order valence-corrected chi connectivity index (χ2v) is 8.04. The summed E-state index contributed by atoms with van der Waals surface area (Å²) in [7, 11) is -3.62. The first kappa shape index (κ1) is 15.7. The monoisotopic (exact) mass is 384 g/mol. The van der Waals surface area contributed by atoms with Crippen LogP contribution in [0.2, 0.25) is 0 Å². The molecule has 1 saturated heterocycles. The van der Waals surface area contributed by atoms with Gasteiger partial charge in [-0.05, 0) is 46.1 Å². The predicted molar refractivity (Wildman–Crippen MR) is 86.9 cm³/mol. The lowest BCUT2D eigenvalue weighted by Crippen LogP contribution is -2.29. The van der Waals surface area contributed by atoms with Crippen molar-refractivity contribution >= 4 is 26.0 Å². The molecule has 2 N–H and O–H groups in total. The third-order valence-electron chi connectivity index (χ3n) is 4.08. The van der Waals surface area contributed by atoms with Crippen molar-refractivity contribution in [3.8, 4) is 0 Å². The summed E-state index contributed by atoms with van der Waals surface area (Å²) in [5.41, 5.74) is 6.98. The summed E-state index contributed by atoms with van der Waals surface area (Å²) in [5, 5.41) is -0.0381. The Labute approximate surface area is 138 Å². The number of furan rings is 1. The molecular weight excluding hydrogens is 368 g/mol. The van der Waals surface area contributed by atoms with E-state index in [1.807, 2.05) is 30.3 Å². The molecule has 0 aliphatic carbocycles. The van der Waals surface area contributed by atoms with E-state index >= 15 is 0 Å². The predicted octanol–water partition coefficient (Wildman–Crippen LogP) is 2.41. The Kier molecular flexibility index (Phi) is 4.40. The van der Waals surface area contributed by atoms with Gasteiger partial charge in [0.2, 0.25) is 5.09 Å². The quantitative estimate of drug-likeness (QED) is 0.877. The fraction of sp³-hybridized carbons (Fsp3) is 0.333. The van der Waals surface area contributed by atoms with Crippen molar-refractivity contribution in [3.63, 3.8) is 0 Å². The maximum absolute atomic E-state index is 12.7. The van der Waals surface area contributed by atoms with Crippen molar-refractivity contribution in [2.75, 3.05) is 19.6 Å². The van der Waals surface area contributed by atoms with Crippen LogP contribution in [0.3, 0.4) is 0 Å². The molecule has 2 aromatic rings. The van der Waals surface area contributed by atoms with Gasteiger partial charge in [0.05, 0.1) is 0 Å². The summed E-state index contributed by atoms with van der Waals surface area (Å²) >= 11 is 3.14. The summed E-state index contributed by atoms with van der Waals surface area (Å²) in [6.07, 6.45) is 0. The van der Waals surface area contributed by atoms with Gasteiger partial charge in [-0.15, -0.1) is 0 Å². The molecule has 3 rings (SSSR count). The van der Waals surface area contributed by atoms with Gasteiger partial charge in [0.15, 0.2) is 4.67 Å². The van der Waals surface area contributed by atoms with E-state index < -0.39 is 10.0 Å². The van der Waals surface area contributed by atoms with Gasteiger partial charge in [-0.25, -0.2) is 8.42 Å². The zero-order valence-corrected chi connectivity index (χ0v) is 14.3. The SMILES string of the molecule is NC[C@@H]1CN(S(=O)(=O)c2ccc(Br)o2)C[C@H]1c1ccccc1. The van der Waals surface area contributed by atoms with E-state index in [1.165, 1.54) is 10.4 Å². The summed E-state index contributed by atoms with van der Waals surface area (Å²) in [4.78, 5) is 0. The van der Waals surface area contributed by atoms with Crippen LogP contribution in [0.25, 0.3) is 0 Å². The highest BCUT2D eigenvalue weighted by atomic mass is 79.9. The molecule has 0 amide bonds. The van der Waals surface area contributed by atoms with Crippen molar-refractivity contribution in [2.24, 2.45) is 11.7 Å². The Morgan fingerprint density at radius 3 is 2.50 bits per heavy atom. The van der Waals surface area contributed by atoms with Crippen LogP contribution in [0.4, 0.5) is 0 Å². The minimum Gasteiger partial charge on any atom is -0.437 e. The summed E-state index contributed by atoms with van der Waals surface area (Å²) in [6.45, 7) is 1.29. The van der Waals surface area contributed by atoms with Crippen LogP contribution in [0.1, 0.15) is 11.5 Å². The van der Waals surface area contributed by atoms with E-state index in [0.717, 1.165) is 5.56 Å². The number of halogens is 1. The summed E-state index contributed by atoms with van der Waals surface area (Å²) in [5.74, 6) is 0.218. The van der Waals surface area contributed by atoms with Crippen LogP contribution in [-0.2, 0) is 10.0 Å². The van der Waals surface area contributed by atoms with Crippen LogP contribution in [0, 0.1) is 5.92 Å². The third kappa shape index (κ3) is 2.86. The molecule has 5 nitrogen and oxygen atoms in total. The first-order valence-corrected chi connectivity index (χ1v) is 9.26. The van der Waals surface area contributed by atoms with Gasteiger partial charge in [0.1, 0.15) is 0 Å². The van der Waals surface area contributed by atoms with Gasteiger partial charge in [-0.2, -0.15) is 4.31 Å². The van der Waals surface area contributed by atoms with Crippen LogP contribution in [-0.4, -0.2) is 32.4 Å². The number of nitrogens with two attached hydrogens (primary N) is 1. The van der Waals surface area contributed by atoms with Crippen LogP contribution >= 0.6 is 15.9 Å². The Bertz CT molecular complexity index is 745. The van der Waals surface area contributed by atoms with E-state index in [1.54, 1.807) is 6.07 Å². The molecule has 1 fully saturated rings. The maximum Gasteiger partial charge on any atom is 0.276 e. The van der Waals surface area contributed by atoms with Crippen molar-refractivity contribution in [2.45, 2.75) is 11.0 Å². The Hall–Kier alpha value is -1.15. The van der Waals surface area contributed by atoms with Gasteiger partial charge < -0.3 is 10.2 Å². The zero-order chi connectivity index (χ0) is 15.7. The molecule has 1 aliphatic heterocycles. The molecule has 2 atom stereocenters. The molecule has 7 heteroatoms. The van der Waals surface area contributed by atoms with E-state index in [0.29, 0.717) is 24.3 Å².